The van der Waals surface area contributed by atoms with E-state index >= 15 is 0 Å². The van der Waals surface area contributed by atoms with Gasteiger partial charge >= 0.3 is 5.97 Å². The van der Waals surface area contributed by atoms with Gasteiger partial charge in [-0.25, -0.2) is 4.79 Å². The average molecular weight is 303 g/mol. The first kappa shape index (κ1) is 15.6. The second-order valence-corrected chi connectivity index (χ2v) is 5.63. The second-order valence-electron chi connectivity index (χ2n) is 5.22. The van der Waals surface area contributed by atoms with Gasteiger partial charge in [0.1, 0.15) is 0 Å². The fraction of sp³-hybridized carbons (Fsp3) is 0.278. The molecule has 0 spiro atoms. The van der Waals surface area contributed by atoms with Crippen molar-refractivity contribution < 1.29 is 9.53 Å². The van der Waals surface area contributed by atoms with Gasteiger partial charge in [-0.05, 0) is 56.0 Å². The molecular formula is C18H19ClO2. The van der Waals surface area contributed by atoms with E-state index in [0.29, 0.717) is 10.6 Å². The first-order valence-electron chi connectivity index (χ1n) is 6.83. The van der Waals surface area contributed by atoms with E-state index < -0.39 is 0 Å². The van der Waals surface area contributed by atoms with Crippen LogP contribution in [0, 0.1) is 27.7 Å². The van der Waals surface area contributed by atoms with E-state index in [0.717, 1.165) is 27.8 Å². The molecule has 0 amide bonds. The number of halogens is 1. The number of benzene rings is 2. The molecular weight excluding hydrogens is 284 g/mol. The summed E-state index contributed by atoms with van der Waals surface area (Å²) in [5, 5.41) is 0.633. The van der Waals surface area contributed by atoms with Gasteiger partial charge in [0.05, 0.1) is 12.7 Å². The summed E-state index contributed by atoms with van der Waals surface area (Å²) >= 11 is 6.34. The molecule has 2 nitrogen and oxygen atoms in total. The minimum atomic E-state index is -0.325. The highest BCUT2D eigenvalue weighted by molar-refractivity contribution is 6.33. The molecule has 0 heterocycles. The van der Waals surface area contributed by atoms with E-state index in [-0.39, 0.29) is 5.97 Å². The Labute approximate surface area is 130 Å². The lowest BCUT2D eigenvalue weighted by Gasteiger charge is -2.20. The van der Waals surface area contributed by atoms with E-state index in [4.69, 9.17) is 16.3 Å². The minimum absolute atomic E-state index is 0.325. The Morgan fingerprint density at radius 3 is 2.10 bits per heavy atom. The van der Waals surface area contributed by atoms with Crippen molar-refractivity contribution in [3.63, 3.8) is 0 Å². The molecule has 0 atom stereocenters. The van der Waals surface area contributed by atoms with Gasteiger partial charge in [-0.3, -0.25) is 0 Å². The molecule has 0 aromatic heterocycles. The Balaban J connectivity index is 2.93. The largest absolute Gasteiger partial charge is 0.465 e. The Kier molecular flexibility index (Phi) is 4.38. The summed E-state index contributed by atoms with van der Waals surface area (Å²) < 4.78 is 4.99. The van der Waals surface area contributed by atoms with Crippen LogP contribution in [0.1, 0.15) is 32.6 Å². The molecule has 0 aliphatic heterocycles. The van der Waals surface area contributed by atoms with Crippen molar-refractivity contribution in [1.29, 1.82) is 0 Å². The van der Waals surface area contributed by atoms with E-state index in [1.165, 1.54) is 12.7 Å². The summed E-state index contributed by atoms with van der Waals surface area (Å²) in [6, 6.07) is 7.58. The topological polar surface area (TPSA) is 26.3 Å². The van der Waals surface area contributed by atoms with Crippen molar-refractivity contribution in [3.8, 4) is 11.1 Å². The molecule has 0 N–H and O–H groups in total. The molecule has 110 valence electrons. The summed E-state index contributed by atoms with van der Waals surface area (Å²) in [7, 11) is 1.41. The first-order valence-corrected chi connectivity index (χ1v) is 7.21. The second kappa shape index (κ2) is 5.90. The van der Waals surface area contributed by atoms with Crippen LogP contribution in [0.25, 0.3) is 11.1 Å². The molecule has 0 unspecified atom stereocenters. The number of carbonyl (C=O) groups is 1. The maximum Gasteiger partial charge on any atom is 0.338 e. The van der Waals surface area contributed by atoms with Gasteiger partial charge < -0.3 is 4.74 Å². The van der Waals surface area contributed by atoms with Crippen LogP contribution < -0.4 is 0 Å². The zero-order valence-corrected chi connectivity index (χ0v) is 13.8. The van der Waals surface area contributed by atoms with E-state index in [9.17, 15) is 4.79 Å². The smallest absolute Gasteiger partial charge is 0.338 e. The molecule has 2 aromatic carbocycles. The number of methoxy groups -OCH3 is 1. The van der Waals surface area contributed by atoms with E-state index in [2.05, 4.69) is 6.92 Å². The van der Waals surface area contributed by atoms with E-state index in [1.807, 2.05) is 45.0 Å². The summed E-state index contributed by atoms with van der Waals surface area (Å²) in [5.41, 5.74) is 6.63. The van der Waals surface area contributed by atoms with Crippen molar-refractivity contribution in [2.24, 2.45) is 0 Å². The van der Waals surface area contributed by atoms with Gasteiger partial charge in [0.15, 0.2) is 0 Å². The molecule has 0 bridgehead atoms. The molecule has 0 saturated carbocycles. The van der Waals surface area contributed by atoms with Crippen LogP contribution in [-0.4, -0.2) is 13.1 Å². The molecule has 0 fully saturated rings. The lowest BCUT2D eigenvalue weighted by molar-refractivity contribution is 0.0600. The summed E-state index contributed by atoms with van der Waals surface area (Å²) in [5.74, 6) is -0.325. The van der Waals surface area contributed by atoms with Gasteiger partial charge in [0, 0.05) is 16.1 Å². The van der Waals surface area contributed by atoms with Crippen molar-refractivity contribution in [2.45, 2.75) is 27.7 Å². The van der Waals surface area contributed by atoms with E-state index in [1.54, 1.807) is 0 Å². The molecule has 0 aliphatic carbocycles. The number of carbonyl (C=O) groups excluding carboxylic acids is 1. The molecule has 2 rings (SSSR count). The van der Waals surface area contributed by atoms with Gasteiger partial charge in [-0.2, -0.15) is 0 Å². The predicted molar refractivity (Wildman–Crippen MR) is 87.2 cm³/mol. The third kappa shape index (κ3) is 2.56. The highest BCUT2D eigenvalue weighted by atomic mass is 35.5. The lowest BCUT2D eigenvalue weighted by atomic mass is 9.85. The van der Waals surface area contributed by atoms with Crippen molar-refractivity contribution in [2.75, 3.05) is 7.11 Å². The van der Waals surface area contributed by atoms with Crippen LogP contribution in [0.2, 0.25) is 5.02 Å². The van der Waals surface area contributed by atoms with Gasteiger partial charge in [-0.15, -0.1) is 0 Å². The van der Waals surface area contributed by atoms with Crippen molar-refractivity contribution in [1.82, 2.24) is 0 Å². The standard InChI is InChI=1S/C18H19ClO2/c1-10-11(2)13(4)17(18(20)21-5)16(12(10)3)14-8-6-7-9-15(14)19/h6-9H,1-5H3. The zero-order chi connectivity index (χ0) is 15.7. The SMILES string of the molecule is COC(=O)c1c(C)c(C)c(C)c(C)c1-c1ccccc1Cl. The monoisotopic (exact) mass is 302 g/mol. The number of hydrogen-bond donors (Lipinski definition) is 0. The van der Waals surface area contributed by atoms with Crippen LogP contribution in [-0.2, 0) is 4.74 Å². The maximum atomic E-state index is 12.3. The van der Waals surface area contributed by atoms with Crippen LogP contribution in [0.3, 0.4) is 0 Å². The van der Waals surface area contributed by atoms with Crippen molar-refractivity contribution >= 4 is 17.6 Å². The minimum Gasteiger partial charge on any atom is -0.465 e. The first-order chi connectivity index (χ1) is 9.90. The molecule has 0 radical (unpaired) electrons. The zero-order valence-electron chi connectivity index (χ0n) is 13.0. The number of ether oxygens (including phenoxy) is 1. The average Bonchev–Trinajstić information content (AvgIpc) is 2.49. The predicted octanol–water partition coefficient (Wildman–Crippen LogP) is 5.03. The van der Waals surface area contributed by atoms with Crippen LogP contribution in [0.4, 0.5) is 0 Å². The Morgan fingerprint density at radius 1 is 0.952 bits per heavy atom. The van der Waals surface area contributed by atoms with Crippen LogP contribution >= 0.6 is 11.6 Å². The molecule has 21 heavy (non-hydrogen) atoms. The third-order valence-electron chi connectivity index (χ3n) is 4.22. The number of esters is 1. The van der Waals surface area contributed by atoms with Gasteiger partial charge in [0.25, 0.3) is 0 Å². The molecule has 0 aliphatic rings. The quantitative estimate of drug-likeness (QED) is 0.727. The maximum absolute atomic E-state index is 12.3. The summed E-state index contributed by atoms with van der Waals surface area (Å²) in [4.78, 5) is 12.3. The molecule has 2 aromatic rings. The summed E-state index contributed by atoms with van der Waals surface area (Å²) in [6.07, 6.45) is 0. The van der Waals surface area contributed by atoms with Gasteiger partial charge in [0.2, 0.25) is 0 Å². The van der Waals surface area contributed by atoms with Crippen LogP contribution in [0.15, 0.2) is 24.3 Å². The number of hydrogen-bond acceptors (Lipinski definition) is 2. The van der Waals surface area contributed by atoms with Crippen LogP contribution in [0.5, 0.6) is 0 Å². The van der Waals surface area contributed by atoms with Crippen molar-refractivity contribution in [3.05, 3.63) is 57.1 Å². The fourth-order valence-electron chi connectivity index (χ4n) is 2.67. The van der Waals surface area contributed by atoms with Gasteiger partial charge in [-0.1, -0.05) is 29.8 Å². The summed E-state index contributed by atoms with van der Waals surface area (Å²) in [6.45, 7) is 8.07. The Bertz CT molecular complexity index is 718. The normalized spacial score (nSPS) is 10.6. The lowest BCUT2D eigenvalue weighted by Crippen LogP contribution is -2.11. The Hall–Kier alpha value is -1.80. The Morgan fingerprint density at radius 2 is 1.52 bits per heavy atom. The highest BCUT2D eigenvalue weighted by Crippen LogP contribution is 2.38. The molecule has 0 saturated heterocycles. The third-order valence-corrected chi connectivity index (χ3v) is 4.55. The fourth-order valence-corrected chi connectivity index (χ4v) is 2.90. The highest BCUT2D eigenvalue weighted by Gasteiger charge is 2.23. The number of rotatable bonds is 2. The molecule has 3 heteroatoms.